The third kappa shape index (κ3) is 4.21. The van der Waals surface area contributed by atoms with Crippen LogP contribution in [0.2, 0.25) is 5.02 Å². The molecule has 0 saturated carbocycles. The summed E-state index contributed by atoms with van der Waals surface area (Å²) >= 11 is 6.07. The molecule has 0 aliphatic carbocycles. The van der Waals surface area contributed by atoms with E-state index in [4.69, 9.17) is 11.6 Å². The first-order valence-corrected chi connectivity index (χ1v) is 10.5. The first kappa shape index (κ1) is 19.9. The molecular weight excluding hydrogens is 384 g/mol. The lowest BCUT2D eigenvalue weighted by Crippen LogP contribution is -2.27. The summed E-state index contributed by atoms with van der Waals surface area (Å²) in [6.45, 7) is 0.111. The fraction of sp³-hybridized carbons (Fsp3) is 0.250. The molecule has 6 nitrogen and oxygen atoms in total. The van der Waals surface area contributed by atoms with Gasteiger partial charge >= 0.3 is 0 Å². The van der Waals surface area contributed by atoms with E-state index in [2.05, 4.69) is 0 Å². The number of sulfonamides is 2. The van der Waals surface area contributed by atoms with E-state index in [-0.39, 0.29) is 16.3 Å². The molecule has 0 saturated heterocycles. The van der Waals surface area contributed by atoms with E-state index in [1.54, 1.807) is 24.3 Å². The Morgan fingerprint density at radius 1 is 0.800 bits per heavy atom. The van der Waals surface area contributed by atoms with Crippen LogP contribution in [0, 0.1) is 0 Å². The summed E-state index contributed by atoms with van der Waals surface area (Å²) in [5.41, 5.74) is 0.682. The predicted octanol–water partition coefficient (Wildman–Crippen LogP) is 2.41. The zero-order valence-corrected chi connectivity index (χ0v) is 16.4. The predicted molar refractivity (Wildman–Crippen MR) is 97.4 cm³/mol. The second-order valence-electron chi connectivity index (χ2n) is 5.61. The normalized spacial score (nSPS) is 12.7. The van der Waals surface area contributed by atoms with E-state index < -0.39 is 20.0 Å². The molecule has 0 spiro atoms. The highest BCUT2D eigenvalue weighted by molar-refractivity contribution is 7.89. The third-order valence-electron chi connectivity index (χ3n) is 3.66. The lowest BCUT2D eigenvalue weighted by molar-refractivity contribution is 0.466. The van der Waals surface area contributed by atoms with Crippen molar-refractivity contribution in [1.82, 2.24) is 8.61 Å². The molecule has 0 aliphatic rings. The highest BCUT2D eigenvalue weighted by Gasteiger charge is 2.23. The second-order valence-corrected chi connectivity index (χ2v) is 10.2. The molecule has 2 rings (SSSR count). The third-order valence-corrected chi connectivity index (χ3v) is 7.68. The Bertz CT molecular complexity index is 956. The van der Waals surface area contributed by atoms with Crippen molar-refractivity contribution in [3.05, 3.63) is 59.1 Å². The number of hydrogen-bond acceptors (Lipinski definition) is 4. The van der Waals surface area contributed by atoms with Gasteiger partial charge in [0.2, 0.25) is 20.0 Å². The van der Waals surface area contributed by atoms with Crippen LogP contribution in [0.5, 0.6) is 0 Å². The smallest absolute Gasteiger partial charge is 0.207 e. The standard InChI is InChI=1S/C16H19ClN2O4S2/c1-18(2)24(20,21)14-8-10-15(11-9-14)25(22,23)19(3)12-13-6-4-5-7-16(13)17/h4-11H,12H2,1-3H3. The molecule has 0 aliphatic heterocycles. The van der Waals surface area contributed by atoms with Crippen molar-refractivity contribution in [2.24, 2.45) is 0 Å². The monoisotopic (exact) mass is 402 g/mol. The zero-order chi connectivity index (χ0) is 18.8. The molecule has 0 bridgehead atoms. The fourth-order valence-corrected chi connectivity index (χ4v) is 4.37. The van der Waals surface area contributed by atoms with E-state index in [0.717, 1.165) is 4.31 Å². The Balaban J connectivity index is 2.29. The molecule has 0 aromatic heterocycles. The molecule has 0 unspecified atom stereocenters. The van der Waals surface area contributed by atoms with Gasteiger partial charge < -0.3 is 0 Å². The minimum Gasteiger partial charge on any atom is -0.207 e. The maximum atomic E-state index is 12.7. The second kappa shape index (κ2) is 7.43. The van der Waals surface area contributed by atoms with Gasteiger partial charge in [0.1, 0.15) is 0 Å². The molecule has 0 fully saturated rings. The molecule has 0 amide bonds. The average molecular weight is 403 g/mol. The lowest BCUT2D eigenvalue weighted by Gasteiger charge is -2.18. The van der Waals surface area contributed by atoms with Gasteiger partial charge in [0.05, 0.1) is 9.79 Å². The van der Waals surface area contributed by atoms with Crippen LogP contribution in [0.4, 0.5) is 0 Å². The van der Waals surface area contributed by atoms with Crippen molar-refractivity contribution in [1.29, 1.82) is 0 Å². The van der Waals surface area contributed by atoms with Gasteiger partial charge in [-0.15, -0.1) is 0 Å². The fourth-order valence-electron chi connectivity index (χ4n) is 2.13. The molecule has 0 heterocycles. The van der Waals surface area contributed by atoms with Crippen molar-refractivity contribution in [3.63, 3.8) is 0 Å². The summed E-state index contributed by atoms with van der Waals surface area (Å²) in [5, 5.41) is 0.483. The van der Waals surface area contributed by atoms with Gasteiger partial charge in [-0.3, -0.25) is 0 Å². The summed E-state index contributed by atoms with van der Waals surface area (Å²) in [5.74, 6) is 0. The number of halogens is 1. The summed E-state index contributed by atoms with van der Waals surface area (Å²) < 4.78 is 51.7. The van der Waals surface area contributed by atoms with E-state index in [1.807, 2.05) is 0 Å². The van der Waals surface area contributed by atoms with E-state index in [0.29, 0.717) is 10.6 Å². The van der Waals surface area contributed by atoms with Crippen LogP contribution >= 0.6 is 11.6 Å². The molecule has 0 radical (unpaired) electrons. The van der Waals surface area contributed by atoms with Crippen LogP contribution in [0.15, 0.2) is 58.3 Å². The highest BCUT2D eigenvalue weighted by Crippen LogP contribution is 2.22. The minimum atomic E-state index is -3.77. The maximum absolute atomic E-state index is 12.7. The van der Waals surface area contributed by atoms with Crippen molar-refractivity contribution in [2.45, 2.75) is 16.3 Å². The highest BCUT2D eigenvalue weighted by atomic mass is 35.5. The molecular formula is C16H19ClN2O4S2. The SMILES string of the molecule is CN(C)S(=O)(=O)c1ccc(S(=O)(=O)N(C)Cc2ccccc2Cl)cc1. The minimum absolute atomic E-state index is 0.0137. The van der Waals surface area contributed by atoms with Crippen LogP contribution in [0.25, 0.3) is 0 Å². The number of hydrogen-bond donors (Lipinski definition) is 0. The summed E-state index contributed by atoms with van der Waals surface area (Å²) in [6.07, 6.45) is 0. The quantitative estimate of drug-likeness (QED) is 0.743. The molecule has 0 atom stereocenters. The average Bonchev–Trinajstić information content (AvgIpc) is 2.56. The van der Waals surface area contributed by atoms with Gasteiger partial charge in [-0.1, -0.05) is 29.8 Å². The van der Waals surface area contributed by atoms with Crippen LogP contribution in [0.3, 0.4) is 0 Å². The van der Waals surface area contributed by atoms with Gasteiger partial charge in [0.25, 0.3) is 0 Å². The first-order valence-electron chi connectivity index (χ1n) is 7.29. The largest absolute Gasteiger partial charge is 0.243 e. The Kier molecular flexibility index (Phi) is 5.90. The molecule has 136 valence electrons. The Morgan fingerprint density at radius 2 is 1.28 bits per heavy atom. The lowest BCUT2D eigenvalue weighted by atomic mass is 10.2. The molecule has 25 heavy (non-hydrogen) atoms. The van der Waals surface area contributed by atoms with Crippen LogP contribution in [-0.2, 0) is 26.6 Å². The van der Waals surface area contributed by atoms with E-state index in [9.17, 15) is 16.8 Å². The number of rotatable bonds is 6. The van der Waals surface area contributed by atoms with E-state index >= 15 is 0 Å². The van der Waals surface area contributed by atoms with Crippen molar-refractivity contribution in [3.8, 4) is 0 Å². The maximum Gasteiger partial charge on any atom is 0.243 e. The molecule has 9 heteroatoms. The van der Waals surface area contributed by atoms with Crippen LogP contribution in [-0.4, -0.2) is 46.6 Å². The van der Waals surface area contributed by atoms with Gasteiger partial charge in [-0.25, -0.2) is 21.1 Å². The number of nitrogens with zero attached hydrogens (tertiary/aromatic N) is 2. The summed E-state index contributed by atoms with van der Waals surface area (Å²) in [7, 11) is -3.10. The first-order chi connectivity index (χ1) is 11.6. The van der Waals surface area contributed by atoms with Crippen LogP contribution < -0.4 is 0 Å². The van der Waals surface area contributed by atoms with Gasteiger partial charge in [-0.05, 0) is 35.9 Å². The number of benzene rings is 2. The Labute approximate surface area is 153 Å². The van der Waals surface area contributed by atoms with E-state index in [1.165, 1.54) is 49.7 Å². The summed E-state index contributed by atoms with van der Waals surface area (Å²) in [6, 6.07) is 12.1. The van der Waals surface area contributed by atoms with Crippen molar-refractivity contribution >= 4 is 31.6 Å². The topological polar surface area (TPSA) is 74.8 Å². The van der Waals surface area contributed by atoms with Crippen molar-refractivity contribution < 1.29 is 16.8 Å². The van der Waals surface area contributed by atoms with Gasteiger partial charge in [0.15, 0.2) is 0 Å². The molecule has 2 aromatic carbocycles. The molecule has 2 aromatic rings. The van der Waals surface area contributed by atoms with Gasteiger partial charge in [0, 0.05) is 32.7 Å². The zero-order valence-electron chi connectivity index (χ0n) is 14.0. The summed E-state index contributed by atoms with van der Waals surface area (Å²) in [4.78, 5) is 0.0463. The molecule has 0 N–H and O–H groups in total. The van der Waals surface area contributed by atoms with Gasteiger partial charge in [-0.2, -0.15) is 4.31 Å². The Morgan fingerprint density at radius 3 is 1.76 bits per heavy atom. The van der Waals surface area contributed by atoms with Crippen molar-refractivity contribution in [2.75, 3.05) is 21.1 Å². The Hall–Kier alpha value is -1.45. The van der Waals surface area contributed by atoms with Crippen LogP contribution in [0.1, 0.15) is 5.56 Å².